The maximum absolute atomic E-state index is 11.2. The first-order valence-corrected chi connectivity index (χ1v) is 25.3. The Labute approximate surface area is 479 Å². The van der Waals surface area contributed by atoms with Gasteiger partial charge in [-0.3, -0.25) is 0 Å². The van der Waals surface area contributed by atoms with Crippen molar-refractivity contribution in [2.45, 2.75) is 32.5 Å². The molecule has 10 radical (unpaired) electrons. The van der Waals surface area contributed by atoms with Crippen LogP contribution in [0.5, 0.6) is 0 Å². The second-order valence-corrected chi connectivity index (χ2v) is 19.3. The van der Waals surface area contributed by atoms with Gasteiger partial charge in [-0.25, -0.2) is 44.9 Å². The molecule has 14 nitrogen and oxygen atoms in total. The number of imidazole rings is 3. The Morgan fingerprint density at radius 3 is 1.36 bits per heavy atom. The van der Waals surface area contributed by atoms with Crippen LogP contribution < -0.4 is 0 Å². The summed E-state index contributed by atoms with van der Waals surface area (Å²) in [5, 5.41) is 28.8. The smallest absolute Gasteiger partial charge is 0.131 e. The van der Waals surface area contributed by atoms with Crippen molar-refractivity contribution in [3.8, 4) is 33.4 Å². The van der Waals surface area contributed by atoms with Crippen LogP contribution in [0, 0.1) is 0 Å². The average molecular weight is 1050 g/mol. The molecule has 0 amide bonds. The summed E-state index contributed by atoms with van der Waals surface area (Å²) < 4.78 is 1.83. The van der Waals surface area contributed by atoms with Crippen LogP contribution in [-0.4, -0.2) is 127 Å². The molecule has 6 aromatic heterocycles. The van der Waals surface area contributed by atoms with Crippen molar-refractivity contribution in [1.82, 2.24) is 59.4 Å². The predicted octanol–water partition coefficient (Wildman–Crippen LogP) is 8.23. The fourth-order valence-corrected chi connectivity index (χ4v) is 9.11. The summed E-state index contributed by atoms with van der Waals surface area (Å²) in [5.41, 5.74) is 9.49. The number of rotatable bonds is 11. The Morgan fingerprint density at radius 2 is 0.951 bits per heavy atom. The number of nitrogens with one attached hydrogen (secondary N) is 2. The van der Waals surface area contributed by atoms with Crippen molar-refractivity contribution in [1.29, 1.82) is 0 Å². The third-order valence-corrected chi connectivity index (χ3v) is 13.6. The van der Waals surface area contributed by atoms with E-state index in [0.717, 1.165) is 88.3 Å². The minimum absolute atomic E-state index is 0. The maximum atomic E-state index is 11.2. The number of aryl methyl sites for hydroxylation is 1. The minimum Gasteiger partial charge on any atom is -0.379 e. The molecule has 0 spiro atoms. The minimum atomic E-state index is -1.19. The fourth-order valence-electron chi connectivity index (χ4n) is 9.11. The molecule has 0 fully saturated rings. The number of aliphatic hydroxyl groups is 2. The number of aromatic nitrogens is 12. The molecule has 0 saturated heterocycles. The van der Waals surface area contributed by atoms with Gasteiger partial charge in [0.05, 0.1) is 48.5 Å². The van der Waals surface area contributed by atoms with Gasteiger partial charge in [-0.2, -0.15) is 0 Å². The first-order chi connectivity index (χ1) is 38.6. The van der Waals surface area contributed by atoms with Gasteiger partial charge in [0.15, 0.2) is 0 Å². The Hall–Kier alpha value is -8.85. The van der Waals surface area contributed by atoms with E-state index in [0.29, 0.717) is 11.4 Å². The number of fused-ring (bicyclic) bond motifs is 3. The molecule has 22 heteroatoms. The summed E-state index contributed by atoms with van der Waals surface area (Å²) >= 11 is 0. The molecule has 2 unspecified atom stereocenters. The third-order valence-electron chi connectivity index (χ3n) is 13.6. The molecule has 81 heavy (non-hydrogen) atoms. The fraction of sp³-hybridized carbons (Fsp3) is 0.102. The lowest BCUT2D eigenvalue weighted by atomic mass is 8.68. The topological polar surface area (TPSA) is 193 Å². The number of hydrogen-bond donors (Lipinski definition) is 4. The quantitative estimate of drug-likeness (QED) is 0.0913. The summed E-state index contributed by atoms with van der Waals surface area (Å²) in [5.74, 6) is 0. The largest absolute Gasteiger partial charge is 0.379 e. The molecule has 0 saturated carbocycles. The van der Waals surface area contributed by atoms with Gasteiger partial charge in [0.1, 0.15) is 30.2 Å². The zero-order valence-corrected chi connectivity index (χ0v) is 44.2. The summed E-state index contributed by atoms with van der Waals surface area (Å²) in [6.07, 6.45) is 23.8. The van der Waals surface area contributed by atoms with Gasteiger partial charge in [-0.05, 0) is 97.7 Å². The van der Waals surface area contributed by atoms with E-state index in [-0.39, 0.29) is 7.43 Å². The predicted molar refractivity (Wildman–Crippen MR) is 334 cm³/mol. The summed E-state index contributed by atoms with van der Waals surface area (Å²) in [6.45, 7) is 7.78. The van der Waals surface area contributed by atoms with Crippen LogP contribution in [-0.2, 0) is 18.2 Å². The van der Waals surface area contributed by atoms with Gasteiger partial charge >= 0.3 is 0 Å². The highest BCUT2D eigenvalue weighted by Crippen LogP contribution is 2.37. The van der Waals surface area contributed by atoms with Gasteiger partial charge in [-0.1, -0.05) is 105 Å². The molecule has 6 heterocycles. The van der Waals surface area contributed by atoms with Gasteiger partial charge < -0.3 is 24.7 Å². The first kappa shape index (κ1) is 58.3. The summed E-state index contributed by atoms with van der Waals surface area (Å²) in [6, 6.07) is 36.8. The second-order valence-electron chi connectivity index (χ2n) is 19.3. The van der Waals surface area contributed by atoms with Crippen molar-refractivity contribution >= 4 is 95.7 Å². The molecular weight excluding hydrogens is 995 g/mol. The highest BCUT2D eigenvalue weighted by atomic mass is 16.3. The Morgan fingerprint density at radius 1 is 0.519 bits per heavy atom. The van der Waals surface area contributed by atoms with Crippen LogP contribution in [0.1, 0.15) is 55.0 Å². The Balaban J connectivity index is 0.000000148. The summed E-state index contributed by atoms with van der Waals surface area (Å²) in [7, 11) is 27.7. The van der Waals surface area contributed by atoms with Gasteiger partial charge in [0.25, 0.3) is 0 Å². The normalized spacial score (nSPS) is 12.2. The van der Waals surface area contributed by atoms with Crippen LogP contribution in [0.3, 0.4) is 0 Å². The first-order valence-electron chi connectivity index (χ1n) is 25.3. The molecule has 0 aliphatic rings. The Bertz CT molecular complexity index is 3980. The van der Waals surface area contributed by atoms with E-state index < -0.39 is 30.4 Å². The van der Waals surface area contributed by atoms with Crippen LogP contribution in [0.2, 0.25) is 0 Å². The molecular formula is C59H52B8N12O2. The second kappa shape index (κ2) is 26.0. The number of aromatic amines is 2. The number of nitrogens with zero attached hydrogens (tertiary/aromatic N) is 10. The van der Waals surface area contributed by atoms with Crippen molar-refractivity contribution in [2.24, 2.45) is 7.05 Å². The molecule has 12 rings (SSSR count). The lowest BCUT2D eigenvalue weighted by molar-refractivity contribution is 0.0990. The zero-order chi connectivity index (χ0) is 56.4. The van der Waals surface area contributed by atoms with Crippen molar-refractivity contribution in [2.75, 3.05) is 0 Å². The van der Waals surface area contributed by atoms with E-state index in [1.165, 1.54) is 24.4 Å². The molecule has 6 aromatic carbocycles. The number of benzene rings is 6. The van der Waals surface area contributed by atoms with Crippen LogP contribution in [0.15, 0.2) is 210 Å². The zero-order valence-electron chi connectivity index (χ0n) is 44.2. The SMILES string of the molecule is C.C=C(c1cnc[nH]1)c1cccc2ccc(-c3cncnc3)cc12.CC(O)(c1cnc[nH]1)c1cccc2ccc(-c3cncnc3)cc12.Cn1cnc(C(C)(O)c2cccc3ccc(-c4cncnc4)cc23)c1.[B]B([B])B([B])B([B])[B]. The van der Waals surface area contributed by atoms with E-state index in [4.69, 9.17) is 38.7 Å². The van der Waals surface area contributed by atoms with Crippen molar-refractivity contribution in [3.63, 3.8) is 0 Å². The van der Waals surface area contributed by atoms with E-state index in [1.807, 2.05) is 90.9 Å². The van der Waals surface area contributed by atoms with Crippen LogP contribution in [0.25, 0.3) is 71.3 Å². The lowest BCUT2D eigenvalue weighted by Crippen LogP contribution is -2.52. The van der Waals surface area contributed by atoms with E-state index in [2.05, 4.69) is 110 Å². The number of hydrogen-bond acceptors (Lipinski definition) is 11. The average Bonchev–Trinajstić information content (AvgIpc) is 4.42. The van der Waals surface area contributed by atoms with Crippen molar-refractivity contribution < 1.29 is 10.2 Å². The van der Waals surface area contributed by atoms with E-state index in [9.17, 15) is 10.2 Å². The third kappa shape index (κ3) is 13.4. The van der Waals surface area contributed by atoms with E-state index >= 15 is 0 Å². The van der Waals surface area contributed by atoms with Crippen LogP contribution in [0.4, 0.5) is 0 Å². The number of H-pyrrole nitrogens is 2. The standard InChI is InChI=1S/C20H18N4O.C19H16N4O.C19H14N4.CH4.B8/c1-20(25,19-11-24(2)13-23-19)18-5-3-4-14-6-7-15(8-17(14)18)16-9-21-12-22-10-16;1-19(24,18-10-22-12-23-18)17-4-2-3-13-5-6-14(7-16(13)17)15-8-20-11-21-9-15;1-13(19-10-22-12-23-19)17-4-2-3-14-5-6-15(7-18(14)17)16-8-20-11-21-9-16;;1-6(2)8(5)7(3)4/h3-13,25H,1-2H3;2-12,24H,1H3,(H,22,23);2-12H,1H2,(H,22,23);1H4;. The highest BCUT2D eigenvalue weighted by Gasteiger charge is 2.31. The molecule has 2 atom stereocenters. The van der Waals surface area contributed by atoms with Gasteiger partial charge in [0, 0.05) is 131 Å². The molecule has 12 aromatic rings. The monoisotopic (exact) mass is 1050 g/mol. The molecule has 4 N–H and O–H groups in total. The van der Waals surface area contributed by atoms with Gasteiger partial charge in [-0.15, -0.1) is 0 Å². The molecule has 0 aliphatic heterocycles. The molecule has 384 valence electrons. The van der Waals surface area contributed by atoms with Crippen LogP contribution >= 0.6 is 0 Å². The van der Waals surface area contributed by atoms with Crippen molar-refractivity contribution in [3.05, 3.63) is 243 Å². The molecule has 0 aliphatic carbocycles. The Kier molecular flexibility index (Phi) is 18.7. The molecule has 0 bridgehead atoms. The summed E-state index contributed by atoms with van der Waals surface area (Å²) in [4.78, 5) is 43.1. The maximum Gasteiger partial charge on any atom is 0.131 e. The van der Waals surface area contributed by atoms with Gasteiger partial charge in [0.2, 0.25) is 0 Å². The highest BCUT2D eigenvalue weighted by molar-refractivity contribution is 7.89. The lowest BCUT2D eigenvalue weighted by Gasteiger charge is -2.24. The van der Waals surface area contributed by atoms with E-state index in [1.54, 1.807) is 70.0 Å².